The average Bonchev–Trinajstić information content (AvgIpc) is 0.918. The van der Waals surface area contributed by atoms with Crippen molar-refractivity contribution in [1.82, 2.24) is 0 Å². The van der Waals surface area contributed by atoms with Gasteiger partial charge in [-0.15, -0.1) is 0 Å². The molecule has 0 radical (unpaired) electrons. The van der Waals surface area contributed by atoms with E-state index in [9.17, 15) is 0 Å². The first kappa shape index (κ1) is 17.6. The monoisotopic (exact) mass is 182 g/mol. The maximum Gasteiger partial charge on any atom is 0 e. The summed E-state index contributed by atoms with van der Waals surface area (Å²) < 4.78 is 0. The minimum atomic E-state index is 0. The van der Waals surface area contributed by atoms with E-state index in [1.54, 1.807) is 0 Å². The Balaban J connectivity index is -0.0000000200. The molecule has 0 aliphatic carbocycles. The Labute approximate surface area is 52.7 Å². The molecule has 0 aliphatic heterocycles. The molecule has 0 nitrogen and oxygen atoms in total. The third kappa shape index (κ3) is 94.7. The van der Waals surface area contributed by atoms with Gasteiger partial charge >= 0.3 is 0 Å². The van der Waals surface area contributed by atoms with Gasteiger partial charge in [0.15, 0.2) is 0 Å². The van der Waals surface area contributed by atoms with Gasteiger partial charge in [0.2, 0.25) is 0 Å². The van der Waals surface area contributed by atoms with Crippen molar-refractivity contribution < 1.29 is 32.8 Å². The van der Waals surface area contributed by atoms with Gasteiger partial charge in [-0.3, -0.25) is 0 Å². The summed E-state index contributed by atoms with van der Waals surface area (Å²) in [6, 6.07) is 0. The van der Waals surface area contributed by atoms with Crippen LogP contribution in [0.2, 0.25) is 0 Å². The summed E-state index contributed by atoms with van der Waals surface area (Å²) >= 11 is 0. The van der Waals surface area contributed by atoms with E-state index < -0.39 is 0 Å². The van der Waals surface area contributed by atoms with Crippen molar-refractivity contribution in [2.45, 2.75) is 0 Å². The Morgan fingerprint density at radius 3 is 1.60 bits per heavy atom. The van der Waals surface area contributed by atoms with Crippen LogP contribution in [-0.2, 0) is 20.4 Å². The van der Waals surface area contributed by atoms with Crippen LogP contribution in [0, 0.1) is 6.92 Å². The Morgan fingerprint density at radius 1 is 1.60 bits per heavy atom. The molecule has 0 atom stereocenters. The Kier molecular flexibility index (Phi) is 83.7. The Bertz CT molecular complexity index is 14.4. The third-order valence-electron chi connectivity index (χ3n) is 0. The van der Waals surface area contributed by atoms with Gasteiger partial charge in [-0.25, -0.2) is 19.6 Å². The molecule has 2 heteroatoms. The molecule has 0 unspecified atom stereocenters. The second-order valence-corrected chi connectivity index (χ2v) is 0.289. The van der Waals surface area contributed by atoms with Gasteiger partial charge < -0.3 is 12.4 Å². The second kappa shape index (κ2) is 23.7. The first-order valence-electron chi connectivity index (χ1n) is 0.816. The second-order valence-electron chi connectivity index (χ2n) is 0.289. The molecule has 36 valence electrons. The molecular weight excluding hydrogens is 178 g/mol. The van der Waals surface area contributed by atoms with Crippen molar-refractivity contribution >= 4 is 0 Å². The zero-order valence-corrected chi connectivity index (χ0v) is 5.00. The van der Waals surface area contributed by atoms with Gasteiger partial charge in [0.1, 0.15) is 0 Å². The van der Waals surface area contributed by atoms with Gasteiger partial charge in [0.05, 0.1) is 0 Å². The minimum Gasteiger partial charge on any atom is -1.00 e. The van der Waals surface area contributed by atoms with E-state index in [1.807, 2.05) is 0 Å². The normalized spacial score (nSPS) is 2.40. The van der Waals surface area contributed by atoms with E-state index >= 15 is 0 Å². The van der Waals surface area contributed by atoms with Gasteiger partial charge in [-0.2, -0.15) is 0 Å². The maximum absolute atomic E-state index is 3.25. The van der Waals surface area contributed by atoms with Crippen LogP contribution in [0.3, 0.4) is 0 Å². The molecule has 5 heavy (non-hydrogen) atoms. The number of allylic oxidation sites excluding steroid dienone is 1. The van der Waals surface area contributed by atoms with E-state index in [2.05, 4.69) is 13.5 Å². The van der Waals surface area contributed by atoms with E-state index in [-0.39, 0.29) is 32.8 Å². The average molecular weight is 183 g/mol. The van der Waals surface area contributed by atoms with E-state index in [0.717, 1.165) is 0 Å². The molecule has 0 aromatic heterocycles. The Hall–Kier alpha value is 0.562. The van der Waals surface area contributed by atoms with Gasteiger partial charge in [-0.05, 0) is 0 Å². The number of halogens is 1. The number of hydrogen-bond acceptors (Lipinski definition) is 0. The Morgan fingerprint density at radius 2 is 1.60 bits per heavy atom. The molecule has 0 spiro atoms. The van der Waals surface area contributed by atoms with Gasteiger partial charge in [0.25, 0.3) is 0 Å². The fraction of sp³-hybridized carbons (Fsp3) is 0. The molecule has 0 bridgehead atoms. The quantitative estimate of drug-likeness (QED) is 0.301. The van der Waals surface area contributed by atoms with Crippen molar-refractivity contribution in [3.05, 3.63) is 19.6 Å². The van der Waals surface area contributed by atoms with Crippen molar-refractivity contribution in [2.75, 3.05) is 0 Å². The standard InChI is InChI=1S/C3H5.ClH.Pd/c1-3-2;;/h3H,1-2H2;1H;/q-1;;/p-1. The number of rotatable bonds is 0. The van der Waals surface area contributed by atoms with E-state index in [1.165, 1.54) is 6.08 Å². The molecule has 0 aliphatic rings. The molecule has 0 N–H and O–H groups in total. The van der Waals surface area contributed by atoms with Crippen LogP contribution in [-0.4, -0.2) is 0 Å². The van der Waals surface area contributed by atoms with Crippen LogP contribution in [0.5, 0.6) is 0 Å². The predicted molar refractivity (Wildman–Crippen MR) is 15.6 cm³/mol. The summed E-state index contributed by atoms with van der Waals surface area (Å²) in [6.07, 6.45) is 1.50. The first-order valence-corrected chi connectivity index (χ1v) is 0.816. The van der Waals surface area contributed by atoms with E-state index in [4.69, 9.17) is 0 Å². The fourth-order valence-electron chi connectivity index (χ4n) is 0. The summed E-state index contributed by atoms with van der Waals surface area (Å²) in [5.41, 5.74) is 0. The number of hydrogen-bond donors (Lipinski definition) is 0. The summed E-state index contributed by atoms with van der Waals surface area (Å²) in [4.78, 5) is 0. The summed E-state index contributed by atoms with van der Waals surface area (Å²) in [7, 11) is 0. The fourth-order valence-corrected chi connectivity index (χ4v) is 0. The molecule has 0 heterocycles. The summed E-state index contributed by atoms with van der Waals surface area (Å²) in [5.74, 6) is 0. The molecule has 0 fully saturated rings. The van der Waals surface area contributed by atoms with Crippen molar-refractivity contribution in [2.24, 2.45) is 0 Å². The van der Waals surface area contributed by atoms with Crippen LogP contribution < -0.4 is 12.4 Å². The van der Waals surface area contributed by atoms with Crippen molar-refractivity contribution in [1.29, 1.82) is 0 Å². The molecule has 0 aromatic carbocycles. The zero-order chi connectivity index (χ0) is 2.71. The molecule has 0 rings (SSSR count). The molecule has 0 amide bonds. The largest absolute Gasteiger partial charge is 1.00 e. The van der Waals surface area contributed by atoms with Crippen LogP contribution >= 0.6 is 0 Å². The first-order chi connectivity index (χ1) is 1.41. The summed E-state index contributed by atoms with van der Waals surface area (Å²) in [6.45, 7) is 6.50. The van der Waals surface area contributed by atoms with E-state index in [0.29, 0.717) is 0 Å². The third-order valence-corrected chi connectivity index (χ3v) is 0. The van der Waals surface area contributed by atoms with Gasteiger partial charge in [0, 0.05) is 20.4 Å². The van der Waals surface area contributed by atoms with Crippen LogP contribution in [0.4, 0.5) is 0 Å². The predicted octanol–water partition coefficient (Wildman–Crippen LogP) is -1.99. The topological polar surface area (TPSA) is 0 Å². The molecule has 0 saturated heterocycles. The summed E-state index contributed by atoms with van der Waals surface area (Å²) in [5, 5.41) is 0. The van der Waals surface area contributed by atoms with Crippen molar-refractivity contribution in [3.63, 3.8) is 0 Å². The van der Waals surface area contributed by atoms with Gasteiger partial charge in [-0.1, -0.05) is 0 Å². The minimum absolute atomic E-state index is 0. The van der Waals surface area contributed by atoms with Crippen LogP contribution in [0.15, 0.2) is 12.7 Å². The molecule has 0 saturated carbocycles. The SMILES string of the molecule is C=C[CH2-].[Cl-].[Pd]. The molecule has 0 aromatic rings. The maximum atomic E-state index is 3.25. The smallest absolute Gasteiger partial charge is 0 e. The molecular formula is C3H5ClPd-2. The van der Waals surface area contributed by atoms with Crippen LogP contribution in [0.25, 0.3) is 0 Å². The van der Waals surface area contributed by atoms with Crippen molar-refractivity contribution in [3.8, 4) is 0 Å². The zero-order valence-electron chi connectivity index (χ0n) is 2.69. The van der Waals surface area contributed by atoms with Crippen LogP contribution in [0.1, 0.15) is 0 Å².